The van der Waals surface area contributed by atoms with Gasteiger partial charge in [-0.2, -0.15) is 0 Å². The van der Waals surface area contributed by atoms with Crippen LogP contribution in [0.3, 0.4) is 0 Å². The topological polar surface area (TPSA) is 53.0 Å². The third kappa shape index (κ3) is 4.66. The quantitative estimate of drug-likeness (QED) is 0.713. The second kappa shape index (κ2) is 9.20. The van der Waals surface area contributed by atoms with Gasteiger partial charge < -0.3 is 14.7 Å². The third-order valence-electron chi connectivity index (χ3n) is 7.06. The Bertz CT molecular complexity index is 925. The molecule has 4 rings (SSSR count). The summed E-state index contributed by atoms with van der Waals surface area (Å²) in [6, 6.07) is 14.3. The molecular weight excluding hydrogens is 407 g/mol. The molecule has 2 aromatic carbocycles. The van der Waals surface area contributed by atoms with Gasteiger partial charge >= 0.3 is 0 Å². The van der Waals surface area contributed by atoms with Gasteiger partial charge in [-0.3, -0.25) is 9.69 Å². The summed E-state index contributed by atoms with van der Waals surface area (Å²) in [6.07, 6.45) is 4.33. The first-order valence-electron chi connectivity index (χ1n) is 11.4. The number of likely N-dealkylation sites (tertiary alicyclic amines) is 1. The molecular formula is C26H33FN2O3. The second-order valence-corrected chi connectivity index (χ2v) is 9.52. The van der Waals surface area contributed by atoms with Crippen LogP contribution in [-0.2, 0) is 16.8 Å². The molecule has 2 aromatic rings. The van der Waals surface area contributed by atoms with Crippen LogP contribution in [0.2, 0.25) is 0 Å². The van der Waals surface area contributed by atoms with E-state index in [4.69, 9.17) is 4.74 Å². The van der Waals surface area contributed by atoms with Gasteiger partial charge in [0.25, 0.3) is 0 Å². The summed E-state index contributed by atoms with van der Waals surface area (Å²) < 4.78 is 18.4. The molecule has 2 fully saturated rings. The molecule has 0 spiro atoms. The molecule has 2 aliphatic rings. The van der Waals surface area contributed by atoms with Gasteiger partial charge in [-0.15, -0.1) is 0 Å². The van der Waals surface area contributed by atoms with Crippen molar-refractivity contribution in [3.05, 3.63) is 65.5 Å². The Kier molecular flexibility index (Phi) is 6.54. The molecule has 1 saturated carbocycles. The molecule has 0 bridgehead atoms. The molecule has 5 nitrogen and oxygen atoms in total. The number of halogens is 1. The molecule has 1 aliphatic heterocycles. The fourth-order valence-electron chi connectivity index (χ4n) is 5.44. The maximum atomic E-state index is 13.8. The summed E-state index contributed by atoms with van der Waals surface area (Å²) in [6.45, 7) is 1.99. The van der Waals surface area contributed by atoms with Crippen LogP contribution in [0.1, 0.15) is 43.2 Å². The lowest BCUT2D eigenvalue weighted by Gasteiger charge is -2.34. The first kappa shape index (κ1) is 22.7. The van der Waals surface area contributed by atoms with E-state index in [9.17, 15) is 14.3 Å². The summed E-state index contributed by atoms with van der Waals surface area (Å²) in [5.74, 6) is 0.670. The number of aliphatic hydroxyl groups is 1. The predicted molar refractivity (Wildman–Crippen MR) is 122 cm³/mol. The van der Waals surface area contributed by atoms with Crippen molar-refractivity contribution in [1.82, 2.24) is 9.80 Å². The highest BCUT2D eigenvalue weighted by Crippen LogP contribution is 2.44. The number of amides is 1. The number of rotatable bonds is 7. The van der Waals surface area contributed by atoms with Crippen molar-refractivity contribution < 1.29 is 19.0 Å². The van der Waals surface area contributed by atoms with Gasteiger partial charge in [0.05, 0.1) is 24.7 Å². The van der Waals surface area contributed by atoms with Gasteiger partial charge in [-0.1, -0.05) is 37.1 Å². The van der Waals surface area contributed by atoms with E-state index in [0.29, 0.717) is 32.6 Å². The van der Waals surface area contributed by atoms with E-state index in [1.165, 1.54) is 12.1 Å². The highest BCUT2D eigenvalue weighted by Gasteiger charge is 2.48. The normalized spacial score (nSPS) is 22.5. The first-order chi connectivity index (χ1) is 15.3. The fraction of sp³-hybridized carbons (Fsp3) is 0.500. The van der Waals surface area contributed by atoms with Crippen LogP contribution >= 0.6 is 0 Å². The molecule has 1 heterocycles. The third-order valence-corrected chi connectivity index (χ3v) is 7.06. The lowest BCUT2D eigenvalue weighted by atomic mass is 9.77. The monoisotopic (exact) mass is 440 g/mol. The van der Waals surface area contributed by atoms with Crippen LogP contribution in [0.15, 0.2) is 48.5 Å². The summed E-state index contributed by atoms with van der Waals surface area (Å²) in [5.41, 5.74) is 0.597. The van der Waals surface area contributed by atoms with Crippen LogP contribution in [0.4, 0.5) is 4.39 Å². The first-order valence-corrected chi connectivity index (χ1v) is 11.4. The van der Waals surface area contributed by atoms with E-state index in [0.717, 1.165) is 42.6 Å². The molecule has 1 saturated heterocycles. The molecule has 172 valence electrons. The van der Waals surface area contributed by atoms with Crippen LogP contribution in [0.5, 0.6) is 5.75 Å². The van der Waals surface area contributed by atoms with Crippen molar-refractivity contribution in [1.29, 1.82) is 0 Å². The highest BCUT2D eigenvalue weighted by molar-refractivity contribution is 5.89. The maximum Gasteiger partial charge on any atom is 0.233 e. The molecule has 1 aliphatic carbocycles. The standard InChI is InChI=1S/C26H33FN2O3/c1-28(17-20-5-9-22(27)10-6-20)18-25(31)15-16-29(19-25)24(30)26(13-3-4-14-26)21-7-11-23(32-2)12-8-21/h5-12,31H,3-4,13-19H2,1-2H3/t25-/m0/s1. The zero-order valence-corrected chi connectivity index (χ0v) is 19.0. The predicted octanol–water partition coefficient (Wildman–Crippen LogP) is 3.74. The summed E-state index contributed by atoms with van der Waals surface area (Å²) >= 11 is 0. The Morgan fingerprint density at radius 2 is 1.75 bits per heavy atom. The fourth-order valence-corrected chi connectivity index (χ4v) is 5.44. The Hall–Kier alpha value is -2.44. The number of ether oxygens (including phenoxy) is 1. The molecule has 1 amide bonds. The van der Waals surface area contributed by atoms with Gasteiger partial charge in [0.1, 0.15) is 11.6 Å². The Labute approximate surface area is 189 Å². The number of benzene rings is 2. The van der Waals surface area contributed by atoms with E-state index in [1.807, 2.05) is 41.1 Å². The maximum absolute atomic E-state index is 13.8. The lowest BCUT2D eigenvalue weighted by molar-refractivity contribution is -0.137. The van der Waals surface area contributed by atoms with Gasteiger partial charge in [0.15, 0.2) is 0 Å². The lowest BCUT2D eigenvalue weighted by Crippen LogP contribution is -2.48. The minimum absolute atomic E-state index is 0.136. The average molecular weight is 441 g/mol. The van der Waals surface area contributed by atoms with E-state index in [-0.39, 0.29) is 11.7 Å². The van der Waals surface area contributed by atoms with Crippen molar-refractivity contribution >= 4 is 5.91 Å². The SMILES string of the molecule is COc1ccc(C2(C(=O)N3CC[C@](O)(CN(C)Cc4ccc(F)cc4)C3)CCCC2)cc1. The molecule has 1 atom stereocenters. The molecule has 0 aromatic heterocycles. The van der Waals surface area contributed by atoms with Gasteiger partial charge in [-0.05, 0) is 61.7 Å². The van der Waals surface area contributed by atoms with Gasteiger partial charge in [0, 0.05) is 19.6 Å². The molecule has 32 heavy (non-hydrogen) atoms. The van der Waals surface area contributed by atoms with Crippen LogP contribution < -0.4 is 4.74 Å². The largest absolute Gasteiger partial charge is 0.497 e. The van der Waals surface area contributed by atoms with Crippen molar-refractivity contribution in [2.24, 2.45) is 0 Å². The van der Waals surface area contributed by atoms with Crippen LogP contribution in [-0.4, -0.2) is 60.2 Å². The van der Waals surface area contributed by atoms with Crippen molar-refractivity contribution in [3.8, 4) is 5.75 Å². The molecule has 0 radical (unpaired) electrons. The average Bonchev–Trinajstić information content (AvgIpc) is 3.43. The number of likely N-dealkylation sites (N-methyl/N-ethyl adjacent to an activating group) is 1. The Morgan fingerprint density at radius 3 is 2.38 bits per heavy atom. The summed E-state index contributed by atoms with van der Waals surface area (Å²) in [4.78, 5) is 17.7. The highest BCUT2D eigenvalue weighted by atomic mass is 19.1. The molecule has 0 unspecified atom stereocenters. The van der Waals surface area contributed by atoms with Gasteiger partial charge in [0.2, 0.25) is 5.91 Å². The van der Waals surface area contributed by atoms with Crippen LogP contribution in [0, 0.1) is 5.82 Å². The van der Waals surface area contributed by atoms with E-state index in [1.54, 1.807) is 19.2 Å². The Balaban J connectivity index is 1.43. The van der Waals surface area contributed by atoms with E-state index < -0.39 is 11.0 Å². The van der Waals surface area contributed by atoms with Gasteiger partial charge in [-0.25, -0.2) is 4.39 Å². The zero-order valence-electron chi connectivity index (χ0n) is 19.0. The Morgan fingerprint density at radius 1 is 1.09 bits per heavy atom. The van der Waals surface area contributed by atoms with Crippen LogP contribution in [0.25, 0.3) is 0 Å². The number of methoxy groups -OCH3 is 1. The smallest absolute Gasteiger partial charge is 0.233 e. The summed E-state index contributed by atoms with van der Waals surface area (Å²) in [5, 5.41) is 11.3. The number of hydrogen-bond donors (Lipinski definition) is 1. The number of carbonyl (C=O) groups excluding carboxylic acids is 1. The van der Waals surface area contributed by atoms with Crippen molar-refractivity contribution in [2.45, 2.75) is 49.7 Å². The minimum Gasteiger partial charge on any atom is -0.497 e. The molecule has 1 N–H and O–H groups in total. The summed E-state index contributed by atoms with van der Waals surface area (Å²) in [7, 11) is 3.59. The zero-order chi connectivity index (χ0) is 22.8. The number of β-amino-alcohol motifs (C(OH)–C–C–N with tert-alkyl or cyclic N) is 1. The second-order valence-electron chi connectivity index (χ2n) is 9.52. The number of nitrogens with zero attached hydrogens (tertiary/aromatic N) is 2. The number of hydrogen-bond acceptors (Lipinski definition) is 4. The minimum atomic E-state index is -0.940. The number of carbonyl (C=O) groups is 1. The molecule has 6 heteroatoms. The van der Waals surface area contributed by atoms with Crippen molar-refractivity contribution in [3.63, 3.8) is 0 Å². The van der Waals surface area contributed by atoms with E-state index >= 15 is 0 Å². The van der Waals surface area contributed by atoms with Crippen molar-refractivity contribution in [2.75, 3.05) is 33.8 Å². The van der Waals surface area contributed by atoms with E-state index in [2.05, 4.69) is 0 Å².